The van der Waals surface area contributed by atoms with Gasteiger partial charge in [0.2, 0.25) is 5.16 Å². The number of Topliss-reactive ketones (excluding diaryl/α,β-unsaturated/α-hetero) is 2. The predicted molar refractivity (Wildman–Crippen MR) is 100 cm³/mol. The van der Waals surface area contributed by atoms with E-state index in [0.29, 0.717) is 28.6 Å². The minimum atomic E-state index is -0.0674. The van der Waals surface area contributed by atoms with Crippen LogP contribution < -0.4 is 0 Å². The number of hydrogen-bond acceptors (Lipinski definition) is 6. The number of carbonyl (C=O) groups is 2. The average Bonchev–Trinajstić information content (AvgIpc) is 3.13. The average molecular weight is 371 g/mol. The van der Waals surface area contributed by atoms with Gasteiger partial charge in [0.15, 0.2) is 11.6 Å². The van der Waals surface area contributed by atoms with Crippen molar-refractivity contribution in [3.8, 4) is 0 Å². The first-order valence-electron chi connectivity index (χ1n) is 8.41. The first-order valence-corrected chi connectivity index (χ1v) is 9.39. The van der Waals surface area contributed by atoms with Gasteiger partial charge in [-0.1, -0.05) is 18.7 Å². The SMILES string of the molecule is CCc1c(C(=O)CSc2nc3nc(C)cc(C)n3n2)[nH]c(C)c1C(C)=O. The number of nitrogens with one attached hydrogen (secondary N) is 1. The Kier molecular flexibility index (Phi) is 4.95. The van der Waals surface area contributed by atoms with Crippen LogP contribution in [0.3, 0.4) is 0 Å². The van der Waals surface area contributed by atoms with Crippen molar-refractivity contribution in [2.75, 3.05) is 5.75 Å². The van der Waals surface area contributed by atoms with Gasteiger partial charge in [0.05, 0.1) is 11.4 Å². The molecule has 0 aromatic carbocycles. The molecule has 0 amide bonds. The Hall–Kier alpha value is -2.48. The number of H-pyrrole nitrogens is 1. The van der Waals surface area contributed by atoms with Gasteiger partial charge < -0.3 is 4.98 Å². The number of thioether (sulfide) groups is 1. The third-order valence-electron chi connectivity index (χ3n) is 4.21. The van der Waals surface area contributed by atoms with Gasteiger partial charge in [-0.3, -0.25) is 9.59 Å². The molecule has 3 aromatic rings. The highest BCUT2D eigenvalue weighted by molar-refractivity contribution is 7.99. The Morgan fingerprint density at radius 1 is 1.23 bits per heavy atom. The molecule has 0 atom stereocenters. The minimum absolute atomic E-state index is 0.0266. The summed E-state index contributed by atoms with van der Waals surface area (Å²) in [5.74, 6) is 0.629. The van der Waals surface area contributed by atoms with Crippen molar-refractivity contribution in [1.82, 2.24) is 24.6 Å². The smallest absolute Gasteiger partial charge is 0.253 e. The van der Waals surface area contributed by atoms with E-state index in [9.17, 15) is 9.59 Å². The highest BCUT2D eigenvalue weighted by Crippen LogP contribution is 2.23. The van der Waals surface area contributed by atoms with Crippen molar-refractivity contribution in [3.05, 3.63) is 40.0 Å². The van der Waals surface area contributed by atoms with Gasteiger partial charge in [-0.25, -0.2) is 9.50 Å². The molecule has 0 radical (unpaired) electrons. The van der Waals surface area contributed by atoms with Gasteiger partial charge in [0.25, 0.3) is 5.78 Å². The first-order chi connectivity index (χ1) is 12.3. The van der Waals surface area contributed by atoms with Gasteiger partial charge in [0, 0.05) is 22.6 Å². The van der Waals surface area contributed by atoms with Crippen LogP contribution in [0.4, 0.5) is 0 Å². The van der Waals surface area contributed by atoms with Crippen LogP contribution in [0.25, 0.3) is 5.78 Å². The molecule has 8 heteroatoms. The quantitative estimate of drug-likeness (QED) is 0.529. The van der Waals surface area contributed by atoms with Gasteiger partial charge in [-0.05, 0) is 45.7 Å². The number of rotatable bonds is 6. The zero-order valence-corrected chi connectivity index (χ0v) is 16.3. The summed E-state index contributed by atoms with van der Waals surface area (Å²) in [6.07, 6.45) is 0.625. The van der Waals surface area contributed by atoms with E-state index in [1.807, 2.05) is 33.8 Å². The number of ketones is 2. The van der Waals surface area contributed by atoms with Crippen LogP contribution in [-0.4, -0.2) is 41.9 Å². The Labute approximate surface area is 155 Å². The van der Waals surface area contributed by atoms with Crippen molar-refractivity contribution < 1.29 is 9.59 Å². The van der Waals surface area contributed by atoms with Crippen LogP contribution in [0.5, 0.6) is 0 Å². The molecule has 26 heavy (non-hydrogen) atoms. The highest BCUT2D eigenvalue weighted by Gasteiger charge is 2.22. The molecular weight excluding hydrogens is 350 g/mol. The second-order valence-electron chi connectivity index (χ2n) is 6.25. The molecule has 3 aromatic heterocycles. The number of fused-ring (bicyclic) bond motifs is 1. The number of aromatic nitrogens is 5. The summed E-state index contributed by atoms with van der Waals surface area (Å²) in [7, 11) is 0. The fourth-order valence-corrected chi connectivity index (χ4v) is 3.85. The maximum absolute atomic E-state index is 12.7. The summed E-state index contributed by atoms with van der Waals surface area (Å²) in [6.45, 7) is 9.13. The van der Waals surface area contributed by atoms with Crippen LogP contribution in [0.2, 0.25) is 0 Å². The van der Waals surface area contributed by atoms with E-state index >= 15 is 0 Å². The fraction of sp³-hybridized carbons (Fsp3) is 0.389. The lowest BCUT2D eigenvalue weighted by molar-refractivity contribution is 0.101. The molecule has 0 unspecified atom stereocenters. The number of carbonyl (C=O) groups excluding carboxylic acids is 2. The largest absolute Gasteiger partial charge is 0.355 e. The monoisotopic (exact) mass is 371 g/mol. The molecule has 0 saturated carbocycles. The van der Waals surface area contributed by atoms with E-state index < -0.39 is 0 Å². The van der Waals surface area contributed by atoms with Crippen molar-refractivity contribution in [2.45, 2.75) is 46.2 Å². The summed E-state index contributed by atoms with van der Waals surface area (Å²) >= 11 is 1.27. The second kappa shape index (κ2) is 7.03. The maximum atomic E-state index is 12.7. The lowest BCUT2D eigenvalue weighted by atomic mass is 10.0. The fourth-order valence-electron chi connectivity index (χ4n) is 3.16. The van der Waals surface area contributed by atoms with E-state index in [4.69, 9.17) is 0 Å². The van der Waals surface area contributed by atoms with E-state index in [0.717, 1.165) is 22.6 Å². The molecule has 0 aliphatic rings. The number of nitrogens with zero attached hydrogens (tertiary/aromatic N) is 4. The third-order valence-corrected chi connectivity index (χ3v) is 5.04. The van der Waals surface area contributed by atoms with Crippen molar-refractivity contribution in [1.29, 1.82) is 0 Å². The minimum Gasteiger partial charge on any atom is -0.355 e. The molecule has 0 bridgehead atoms. The van der Waals surface area contributed by atoms with Crippen LogP contribution >= 0.6 is 11.8 Å². The van der Waals surface area contributed by atoms with Crippen LogP contribution in [0.1, 0.15) is 57.3 Å². The van der Waals surface area contributed by atoms with Crippen molar-refractivity contribution in [2.24, 2.45) is 0 Å². The molecule has 7 nitrogen and oxygen atoms in total. The number of aromatic amines is 1. The van der Waals surface area contributed by atoms with Gasteiger partial charge in [-0.2, -0.15) is 4.98 Å². The third kappa shape index (κ3) is 3.29. The van der Waals surface area contributed by atoms with Crippen LogP contribution in [0.15, 0.2) is 11.2 Å². The Bertz CT molecular complexity index is 1020. The van der Waals surface area contributed by atoms with E-state index in [1.54, 1.807) is 4.52 Å². The Morgan fingerprint density at radius 2 is 1.96 bits per heavy atom. The lowest BCUT2D eigenvalue weighted by Crippen LogP contribution is -2.07. The molecule has 0 aliphatic carbocycles. The van der Waals surface area contributed by atoms with E-state index in [1.165, 1.54) is 18.7 Å². The summed E-state index contributed by atoms with van der Waals surface area (Å²) in [6, 6.07) is 1.93. The molecular formula is C18H21N5O2S. The number of aryl methyl sites for hydroxylation is 3. The zero-order valence-electron chi connectivity index (χ0n) is 15.5. The topological polar surface area (TPSA) is 93.0 Å². The van der Waals surface area contributed by atoms with Gasteiger partial charge >= 0.3 is 0 Å². The van der Waals surface area contributed by atoms with Crippen molar-refractivity contribution >= 4 is 29.1 Å². The molecule has 0 fully saturated rings. The maximum Gasteiger partial charge on any atom is 0.253 e. The standard InChI is InChI=1S/C18H21N5O2S/c1-6-13-15(12(5)24)11(4)20-16(13)14(25)8-26-18-21-17-19-9(2)7-10(3)23(17)22-18/h7,20H,6,8H2,1-5H3. The highest BCUT2D eigenvalue weighted by atomic mass is 32.2. The number of hydrogen-bond donors (Lipinski definition) is 1. The zero-order chi connectivity index (χ0) is 19.0. The molecule has 136 valence electrons. The first kappa shape index (κ1) is 18.3. The summed E-state index contributed by atoms with van der Waals surface area (Å²) in [4.78, 5) is 36.3. The molecule has 0 aliphatic heterocycles. The van der Waals surface area contributed by atoms with Gasteiger partial charge in [-0.15, -0.1) is 5.10 Å². The molecule has 3 rings (SSSR count). The van der Waals surface area contributed by atoms with Crippen LogP contribution in [0, 0.1) is 20.8 Å². The summed E-state index contributed by atoms with van der Waals surface area (Å²) in [5, 5.41) is 4.91. The Balaban J connectivity index is 1.82. The molecule has 0 saturated heterocycles. The second-order valence-corrected chi connectivity index (χ2v) is 7.19. The molecule has 0 spiro atoms. The normalized spacial score (nSPS) is 11.3. The molecule has 1 N–H and O–H groups in total. The van der Waals surface area contributed by atoms with E-state index in [2.05, 4.69) is 20.1 Å². The Morgan fingerprint density at radius 3 is 2.62 bits per heavy atom. The molecule has 3 heterocycles. The summed E-state index contributed by atoms with van der Waals surface area (Å²) in [5.41, 5.74) is 4.48. The van der Waals surface area contributed by atoms with E-state index in [-0.39, 0.29) is 17.3 Å². The predicted octanol–water partition coefficient (Wildman–Crippen LogP) is 3.12. The van der Waals surface area contributed by atoms with Crippen molar-refractivity contribution in [3.63, 3.8) is 0 Å². The van der Waals surface area contributed by atoms with Gasteiger partial charge in [0.1, 0.15) is 0 Å². The van der Waals surface area contributed by atoms with Crippen LogP contribution in [-0.2, 0) is 6.42 Å². The summed E-state index contributed by atoms with van der Waals surface area (Å²) < 4.78 is 1.67. The lowest BCUT2D eigenvalue weighted by Gasteiger charge is -2.02.